The van der Waals surface area contributed by atoms with Crippen molar-refractivity contribution in [3.05, 3.63) is 24.3 Å². The summed E-state index contributed by atoms with van der Waals surface area (Å²) in [5.41, 5.74) is -0.376. The summed E-state index contributed by atoms with van der Waals surface area (Å²) in [6.45, 7) is 9.54. The van der Waals surface area contributed by atoms with Gasteiger partial charge < -0.3 is 9.47 Å². The van der Waals surface area contributed by atoms with E-state index in [0.29, 0.717) is 5.75 Å². The van der Waals surface area contributed by atoms with E-state index in [1.165, 1.54) is 12.1 Å². The van der Waals surface area contributed by atoms with Gasteiger partial charge in [-0.25, -0.2) is 17.9 Å². The average Bonchev–Trinajstić information content (AvgIpc) is 2.34. The molecule has 1 aromatic carbocycles. The molecule has 0 heterocycles. The number of carbonyl (C=O) groups is 1. The third kappa shape index (κ3) is 6.34. The van der Waals surface area contributed by atoms with Crippen LogP contribution in [0.15, 0.2) is 29.2 Å². The highest BCUT2D eigenvalue weighted by Gasteiger charge is 2.19. The maximum atomic E-state index is 12.0. The molecule has 0 spiro atoms. The normalized spacial score (nSPS) is 12.1. The standard InChI is InChI=1S/C15H23NO5S/c1-11(2)10-20-14(17)16-22(18,19)13-8-6-12(7-9-13)21-15(3,4)5/h6-9,11H,10H2,1-5H3,(H,16,17). The van der Waals surface area contributed by atoms with Crippen LogP contribution >= 0.6 is 0 Å². The van der Waals surface area contributed by atoms with E-state index in [2.05, 4.69) is 0 Å². The fourth-order valence-electron chi connectivity index (χ4n) is 1.48. The van der Waals surface area contributed by atoms with E-state index in [0.717, 1.165) is 0 Å². The first-order chi connectivity index (χ1) is 9.99. The molecule has 6 nitrogen and oxygen atoms in total. The van der Waals surface area contributed by atoms with E-state index in [9.17, 15) is 13.2 Å². The molecule has 0 aliphatic heterocycles. The lowest BCUT2D eigenvalue weighted by atomic mass is 10.2. The van der Waals surface area contributed by atoms with E-state index in [1.54, 1.807) is 12.1 Å². The fraction of sp³-hybridized carbons (Fsp3) is 0.533. The smallest absolute Gasteiger partial charge is 0.421 e. The maximum Gasteiger partial charge on any atom is 0.421 e. The molecular weight excluding hydrogens is 306 g/mol. The fourth-order valence-corrected chi connectivity index (χ4v) is 2.37. The molecule has 1 N–H and O–H groups in total. The van der Waals surface area contributed by atoms with Crippen LogP contribution in [0.5, 0.6) is 5.75 Å². The van der Waals surface area contributed by atoms with Crippen molar-refractivity contribution in [3.8, 4) is 5.75 Å². The Labute approximate surface area is 131 Å². The summed E-state index contributed by atoms with van der Waals surface area (Å²) in [6.07, 6.45) is -0.983. The van der Waals surface area contributed by atoms with Gasteiger partial charge >= 0.3 is 6.09 Å². The second-order valence-electron chi connectivity index (χ2n) is 6.28. The molecule has 0 fully saturated rings. The first kappa shape index (κ1) is 18.3. The Kier molecular flexibility index (Phi) is 5.82. The zero-order valence-corrected chi connectivity index (χ0v) is 14.4. The zero-order valence-electron chi connectivity index (χ0n) is 13.5. The Bertz CT molecular complexity index is 600. The lowest BCUT2D eigenvalue weighted by molar-refractivity contribution is 0.131. The van der Waals surface area contributed by atoms with Crippen molar-refractivity contribution < 1.29 is 22.7 Å². The molecule has 0 aliphatic rings. The summed E-state index contributed by atoms with van der Waals surface area (Å²) in [7, 11) is -3.95. The van der Waals surface area contributed by atoms with Crippen LogP contribution < -0.4 is 9.46 Å². The molecule has 0 aliphatic carbocycles. The van der Waals surface area contributed by atoms with E-state index in [4.69, 9.17) is 9.47 Å². The number of hydrogen-bond donors (Lipinski definition) is 1. The number of ether oxygens (including phenoxy) is 2. The van der Waals surface area contributed by atoms with Gasteiger partial charge in [-0.1, -0.05) is 13.8 Å². The van der Waals surface area contributed by atoms with Gasteiger partial charge in [0.05, 0.1) is 11.5 Å². The first-order valence-electron chi connectivity index (χ1n) is 6.98. The molecule has 0 saturated carbocycles. The van der Waals surface area contributed by atoms with Gasteiger partial charge in [-0.3, -0.25) is 0 Å². The molecule has 1 rings (SSSR count). The minimum atomic E-state index is -3.95. The molecule has 0 saturated heterocycles. The maximum absolute atomic E-state index is 12.0. The Morgan fingerprint density at radius 2 is 1.73 bits per heavy atom. The molecule has 0 radical (unpaired) electrons. The summed E-state index contributed by atoms with van der Waals surface area (Å²) < 4.78 is 36.3. The van der Waals surface area contributed by atoms with E-state index in [-0.39, 0.29) is 23.0 Å². The molecular formula is C15H23NO5S. The molecule has 0 bridgehead atoms. The number of hydrogen-bond acceptors (Lipinski definition) is 5. The van der Waals surface area contributed by atoms with Gasteiger partial charge in [-0.2, -0.15) is 0 Å². The molecule has 1 aromatic rings. The lowest BCUT2D eigenvalue weighted by Gasteiger charge is -2.21. The highest BCUT2D eigenvalue weighted by atomic mass is 32.2. The van der Waals surface area contributed by atoms with Gasteiger partial charge in [0.2, 0.25) is 0 Å². The predicted molar refractivity (Wildman–Crippen MR) is 83.3 cm³/mol. The van der Waals surface area contributed by atoms with Crippen molar-refractivity contribution in [1.29, 1.82) is 0 Å². The van der Waals surface area contributed by atoms with Crippen LogP contribution in [-0.2, 0) is 14.8 Å². The minimum absolute atomic E-state index is 0.0322. The van der Waals surface area contributed by atoms with Crippen molar-refractivity contribution in [2.45, 2.75) is 45.1 Å². The SMILES string of the molecule is CC(C)COC(=O)NS(=O)(=O)c1ccc(OC(C)(C)C)cc1. The van der Waals surface area contributed by atoms with Gasteiger partial charge in [0.1, 0.15) is 11.4 Å². The van der Waals surface area contributed by atoms with Crippen LogP contribution in [0.2, 0.25) is 0 Å². The third-order valence-corrected chi connectivity index (χ3v) is 3.65. The van der Waals surface area contributed by atoms with E-state index < -0.39 is 16.1 Å². The Balaban J connectivity index is 2.75. The van der Waals surface area contributed by atoms with Crippen LogP contribution in [0.3, 0.4) is 0 Å². The Morgan fingerprint density at radius 3 is 2.18 bits per heavy atom. The number of rotatable bonds is 5. The summed E-state index contributed by atoms with van der Waals surface area (Å²) in [5, 5.41) is 0. The second-order valence-corrected chi connectivity index (χ2v) is 7.97. The van der Waals surface area contributed by atoms with Crippen LogP contribution in [0.4, 0.5) is 4.79 Å². The van der Waals surface area contributed by atoms with Gasteiger partial charge in [0.15, 0.2) is 0 Å². The van der Waals surface area contributed by atoms with Gasteiger partial charge in [-0.05, 0) is 51.0 Å². The highest BCUT2D eigenvalue weighted by molar-refractivity contribution is 7.90. The molecule has 7 heteroatoms. The summed E-state index contributed by atoms with van der Waals surface area (Å²) >= 11 is 0. The molecule has 124 valence electrons. The van der Waals surface area contributed by atoms with Crippen LogP contribution in [0, 0.1) is 5.92 Å². The number of benzene rings is 1. The van der Waals surface area contributed by atoms with E-state index in [1.807, 2.05) is 39.3 Å². The number of carbonyl (C=O) groups excluding carboxylic acids is 1. The lowest BCUT2D eigenvalue weighted by Crippen LogP contribution is -2.32. The van der Waals surface area contributed by atoms with Gasteiger partial charge in [0.25, 0.3) is 10.0 Å². The predicted octanol–water partition coefficient (Wildman–Crippen LogP) is 2.93. The number of amides is 1. The van der Waals surface area contributed by atoms with Crippen molar-refractivity contribution in [3.63, 3.8) is 0 Å². The van der Waals surface area contributed by atoms with Crippen LogP contribution in [-0.4, -0.2) is 26.7 Å². The molecule has 1 amide bonds. The summed E-state index contributed by atoms with van der Waals surface area (Å²) in [5.74, 6) is 0.677. The van der Waals surface area contributed by atoms with Crippen molar-refractivity contribution in [2.24, 2.45) is 5.92 Å². The summed E-state index contributed by atoms with van der Waals surface area (Å²) in [4.78, 5) is 11.4. The molecule has 0 aromatic heterocycles. The number of nitrogens with one attached hydrogen (secondary N) is 1. The van der Waals surface area contributed by atoms with Gasteiger partial charge in [-0.15, -0.1) is 0 Å². The molecule has 0 unspecified atom stereocenters. The Morgan fingerprint density at radius 1 is 1.18 bits per heavy atom. The van der Waals surface area contributed by atoms with Crippen LogP contribution in [0.25, 0.3) is 0 Å². The zero-order chi connectivity index (χ0) is 17.0. The quantitative estimate of drug-likeness (QED) is 0.898. The van der Waals surface area contributed by atoms with Gasteiger partial charge in [0, 0.05) is 0 Å². The largest absolute Gasteiger partial charge is 0.488 e. The molecule has 0 atom stereocenters. The minimum Gasteiger partial charge on any atom is -0.488 e. The van der Waals surface area contributed by atoms with Crippen molar-refractivity contribution >= 4 is 16.1 Å². The Hall–Kier alpha value is -1.76. The summed E-state index contributed by atoms with van der Waals surface area (Å²) in [6, 6.07) is 5.83. The van der Waals surface area contributed by atoms with Crippen molar-refractivity contribution in [1.82, 2.24) is 4.72 Å². The molecule has 22 heavy (non-hydrogen) atoms. The van der Waals surface area contributed by atoms with Crippen LogP contribution in [0.1, 0.15) is 34.6 Å². The number of sulfonamides is 1. The first-order valence-corrected chi connectivity index (χ1v) is 8.46. The topological polar surface area (TPSA) is 81.7 Å². The van der Waals surface area contributed by atoms with Crippen molar-refractivity contribution in [2.75, 3.05) is 6.61 Å². The van der Waals surface area contributed by atoms with E-state index >= 15 is 0 Å². The second kappa shape index (κ2) is 7.00. The highest BCUT2D eigenvalue weighted by Crippen LogP contribution is 2.20. The monoisotopic (exact) mass is 329 g/mol. The average molecular weight is 329 g/mol. The third-order valence-electron chi connectivity index (χ3n) is 2.32.